The lowest BCUT2D eigenvalue weighted by Gasteiger charge is -2.35. The van der Waals surface area contributed by atoms with Crippen molar-refractivity contribution in [2.24, 2.45) is 0 Å². The molecule has 5 heteroatoms. The first-order valence-electron chi connectivity index (χ1n) is 7.26. The first kappa shape index (κ1) is 15.9. The molecule has 2 aliphatic heterocycles. The standard InChI is InChI=1S/C11H23N3O2.C2H6/c15-7-5-13-1-3-14(4-2-13)6-8-16-11-9-12-10-11;1-2/h11-12,15H,1-10H2;1-2H3. The van der Waals surface area contributed by atoms with E-state index in [0.29, 0.717) is 6.10 Å². The second kappa shape index (κ2) is 9.69. The second-order valence-corrected chi connectivity index (χ2v) is 4.56. The van der Waals surface area contributed by atoms with E-state index >= 15 is 0 Å². The highest BCUT2D eigenvalue weighted by Crippen LogP contribution is 2.02. The molecule has 2 fully saturated rings. The number of hydrogen-bond acceptors (Lipinski definition) is 5. The molecule has 0 radical (unpaired) electrons. The SMILES string of the molecule is CC.OCCN1CCN(CCOC2CNC2)CC1. The van der Waals surface area contributed by atoms with Crippen molar-refractivity contribution in [2.75, 3.05) is 65.6 Å². The zero-order valence-corrected chi connectivity index (χ0v) is 11.9. The van der Waals surface area contributed by atoms with Gasteiger partial charge < -0.3 is 15.2 Å². The van der Waals surface area contributed by atoms with Gasteiger partial charge in [0.15, 0.2) is 0 Å². The lowest BCUT2D eigenvalue weighted by atomic mass is 10.2. The van der Waals surface area contributed by atoms with Crippen molar-refractivity contribution < 1.29 is 9.84 Å². The summed E-state index contributed by atoms with van der Waals surface area (Å²) in [4.78, 5) is 4.76. The first-order chi connectivity index (χ1) is 8.88. The van der Waals surface area contributed by atoms with Crippen LogP contribution in [-0.4, -0.2) is 86.6 Å². The smallest absolute Gasteiger partial charge is 0.0824 e. The Kier molecular flexibility index (Phi) is 8.54. The highest BCUT2D eigenvalue weighted by atomic mass is 16.5. The molecule has 2 saturated heterocycles. The van der Waals surface area contributed by atoms with Gasteiger partial charge in [-0.15, -0.1) is 0 Å². The molecular weight excluding hydrogens is 230 g/mol. The molecule has 0 saturated carbocycles. The number of nitrogens with one attached hydrogen (secondary N) is 1. The Morgan fingerprint density at radius 1 is 1.06 bits per heavy atom. The van der Waals surface area contributed by atoms with Crippen LogP contribution < -0.4 is 5.32 Å². The Bertz CT molecular complexity index is 193. The summed E-state index contributed by atoms with van der Waals surface area (Å²) < 4.78 is 5.70. The van der Waals surface area contributed by atoms with Gasteiger partial charge in [-0.1, -0.05) is 13.8 Å². The summed E-state index contributed by atoms with van der Waals surface area (Å²) in [5, 5.41) is 12.0. The zero-order valence-electron chi connectivity index (χ0n) is 11.9. The number of aliphatic hydroxyl groups excluding tert-OH is 1. The van der Waals surface area contributed by atoms with Gasteiger partial charge in [0.1, 0.15) is 0 Å². The average Bonchev–Trinajstić information content (AvgIpc) is 2.37. The van der Waals surface area contributed by atoms with Gasteiger partial charge in [-0.05, 0) is 0 Å². The summed E-state index contributed by atoms with van der Waals surface area (Å²) in [5.41, 5.74) is 0. The Balaban J connectivity index is 0.000000771. The van der Waals surface area contributed by atoms with E-state index < -0.39 is 0 Å². The van der Waals surface area contributed by atoms with Crippen molar-refractivity contribution in [2.45, 2.75) is 20.0 Å². The van der Waals surface area contributed by atoms with Crippen LogP contribution in [0, 0.1) is 0 Å². The van der Waals surface area contributed by atoms with Gasteiger partial charge >= 0.3 is 0 Å². The largest absolute Gasteiger partial charge is 0.395 e. The molecule has 0 spiro atoms. The van der Waals surface area contributed by atoms with Gasteiger partial charge in [0, 0.05) is 52.4 Å². The molecule has 0 aromatic rings. The summed E-state index contributed by atoms with van der Waals surface area (Å²) >= 11 is 0. The van der Waals surface area contributed by atoms with Crippen LogP contribution in [-0.2, 0) is 4.74 Å². The molecule has 0 aliphatic carbocycles. The van der Waals surface area contributed by atoms with Crippen molar-refractivity contribution >= 4 is 0 Å². The highest BCUT2D eigenvalue weighted by Gasteiger charge is 2.19. The summed E-state index contributed by atoms with van der Waals surface area (Å²) in [5.74, 6) is 0. The molecule has 0 atom stereocenters. The molecular formula is C13H29N3O2. The third-order valence-electron chi connectivity index (χ3n) is 3.39. The topological polar surface area (TPSA) is 48.0 Å². The quantitative estimate of drug-likeness (QED) is 0.680. The summed E-state index contributed by atoms with van der Waals surface area (Å²) in [6.07, 6.45) is 0.454. The number of β-amino-alcohol motifs (C(OH)–C–C–N with tert-alkyl or cyclic N) is 1. The average molecular weight is 259 g/mol. The predicted octanol–water partition coefficient (Wildman–Crippen LogP) is -0.389. The number of hydrogen-bond donors (Lipinski definition) is 2. The molecule has 0 aromatic carbocycles. The molecule has 2 heterocycles. The fraction of sp³-hybridized carbons (Fsp3) is 1.00. The second-order valence-electron chi connectivity index (χ2n) is 4.56. The highest BCUT2D eigenvalue weighted by molar-refractivity contribution is 4.76. The summed E-state index contributed by atoms with van der Waals surface area (Å²) in [7, 11) is 0. The number of rotatable bonds is 6. The van der Waals surface area contributed by atoms with Gasteiger partial charge in [-0.2, -0.15) is 0 Å². The first-order valence-corrected chi connectivity index (χ1v) is 7.26. The van der Waals surface area contributed by atoms with Crippen LogP contribution in [0.15, 0.2) is 0 Å². The minimum absolute atomic E-state index is 0.276. The van der Waals surface area contributed by atoms with E-state index in [1.807, 2.05) is 13.8 Å². The molecule has 2 aliphatic rings. The third-order valence-corrected chi connectivity index (χ3v) is 3.39. The fourth-order valence-corrected chi connectivity index (χ4v) is 2.11. The van der Waals surface area contributed by atoms with Crippen LogP contribution in [0.3, 0.4) is 0 Å². The van der Waals surface area contributed by atoms with Crippen LogP contribution in [0.4, 0.5) is 0 Å². The number of ether oxygens (including phenoxy) is 1. The van der Waals surface area contributed by atoms with Crippen molar-refractivity contribution in [3.63, 3.8) is 0 Å². The number of aliphatic hydroxyl groups is 1. The van der Waals surface area contributed by atoms with E-state index in [-0.39, 0.29) is 6.61 Å². The Labute approximate surface area is 111 Å². The van der Waals surface area contributed by atoms with E-state index in [4.69, 9.17) is 9.84 Å². The molecule has 5 nitrogen and oxygen atoms in total. The van der Waals surface area contributed by atoms with E-state index in [1.54, 1.807) is 0 Å². The predicted molar refractivity (Wildman–Crippen MR) is 73.9 cm³/mol. The van der Waals surface area contributed by atoms with Crippen LogP contribution in [0.1, 0.15) is 13.8 Å². The number of piperazine rings is 1. The van der Waals surface area contributed by atoms with E-state index in [1.165, 1.54) is 0 Å². The van der Waals surface area contributed by atoms with Crippen LogP contribution in [0.5, 0.6) is 0 Å². The van der Waals surface area contributed by atoms with Crippen molar-refractivity contribution in [1.82, 2.24) is 15.1 Å². The molecule has 2 N–H and O–H groups in total. The normalized spacial score (nSPS) is 22.2. The van der Waals surface area contributed by atoms with Crippen molar-refractivity contribution in [3.8, 4) is 0 Å². The zero-order chi connectivity index (χ0) is 13.2. The van der Waals surface area contributed by atoms with Gasteiger partial charge in [-0.3, -0.25) is 9.80 Å². The third kappa shape index (κ3) is 5.63. The lowest BCUT2D eigenvalue weighted by molar-refractivity contribution is 0.00102. The van der Waals surface area contributed by atoms with E-state index in [9.17, 15) is 0 Å². The molecule has 2 rings (SSSR count). The fourth-order valence-electron chi connectivity index (χ4n) is 2.11. The Morgan fingerprint density at radius 3 is 2.06 bits per heavy atom. The molecule has 108 valence electrons. The summed E-state index contributed by atoms with van der Waals surface area (Å²) in [6, 6.07) is 0. The molecule has 0 bridgehead atoms. The number of nitrogens with zero attached hydrogens (tertiary/aromatic N) is 2. The van der Waals surface area contributed by atoms with Gasteiger partial charge in [0.25, 0.3) is 0 Å². The Morgan fingerprint density at radius 2 is 1.61 bits per heavy atom. The maximum Gasteiger partial charge on any atom is 0.0824 e. The Hall–Kier alpha value is -0.200. The van der Waals surface area contributed by atoms with Gasteiger partial charge in [0.2, 0.25) is 0 Å². The minimum Gasteiger partial charge on any atom is -0.395 e. The van der Waals surface area contributed by atoms with Crippen LogP contribution in [0.25, 0.3) is 0 Å². The maximum absolute atomic E-state index is 8.84. The lowest BCUT2D eigenvalue weighted by Crippen LogP contribution is -2.50. The van der Waals surface area contributed by atoms with Crippen LogP contribution >= 0.6 is 0 Å². The minimum atomic E-state index is 0.276. The molecule has 0 amide bonds. The summed E-state index contributed by atoms with van der Waals surface area (Å²) in [6.45, 7) is 13.4. The van der Waals surface area contributed by atoms with E-state index in [0.717, 1.165) is 59.0 Å². The van der Waals surface area contributed by atoms with Gasteiger partial charge in [-0.25, -0.2) is 0 Å². The van der Waals surface area contributed by atoms with Gasteiger partial charge in [0.05, 0.1) is 19.3 Å². The molecule has 18 heavy (non-hydrogen) atoms. The van der Waals surface area contributed by atoms with E-state index in [2.05, 4.69) is 15.1 Å². The monoisotopic (exact) mass is 259 g/mol. The maximum atomic E-state index is 8.84. The molecule has 0 aromatic heterocycles. The van der Waals surface area contributed by atoms with Crippen LogP contribution in [0.2, 0.25) is 0 Å². The molecule has 0 unspecified atom stereocenters. The van der Waals surface area contributed by atoms with Crippen molar-refractivity contribution in [1.29, 1.82) is 0 Å². The van der Waals surface area contributed by atoms with Crippen molar-refractivity contribution in [3.05, 3.63) is 0 Å².